The lowest BCUT2D eigenvalue weighted by atomic mass is 9.89. The maximum atomic E-state index is 12.8. The molecule has 0 unspecified atom stereocenters. The molecule has 2 aliphatic rings. The third-order valence-corrected chi connectivity index (χ3v) is 8.83. The number of nitrogens with zero attached hydrogens (tertiary/aromatic N) is 2. The first kappa shape index (κ1) is 21.8. The highest BCUT2D eigenvalue weighted by atomic mass is 79.9. The molecule has 0 aliphatic carbocycles. The molecule has 3 N–H and O–H groups in total. The van der Waals surface area contributed by atoms with Crippen molar-refractivity contribution in [3.05, 3.63) is 33.9 Å². The van der Waals surface area contributed by atoms with Crippen molar-refractivity contribution in [1.29, 1.82) is 0 Å². The number of hydrogen-bond donors (Lipinski definition) is 2. The Bertz CT molecular complexity index is 1020. The Morgan fingerprint density at radius 1 is 1.17 bits per heavy atom. The lowest BCUT2D eigenvalue weighted by molar-refractivity contribution is 0.100. The SMILES string of the molecule is NC(=O)c1cc(Br)cc2c(C3CCN(S(=O)(=O)CCCN4CCCC4)CC3)c[nH]c12. The van der Waals surface area contributed by atoms with Crippen LogP contribution in [0.5, 0.6) is 0 Å². The number of nitrogens with two attached hydrogens (primary N) is 1. The molecule has 0 bridgehead atoms. The normalized spacial score (nSPS) is 19.6. The number of sulfonamides is 1. The molecule has 1 aromatic heterocycles. The summed E-state index contributed by atoms with van der Waals surface area (Å²) in [6.07, 6.45) is 6.65. The molecular formula is C21H29BrN4O3S. The molecule has 0 saturated carbocycles. The minimum absolute atomic E-state index is 0.232. The van der Waals surface area contributed by atoms with Crippen LogP contribution >= 0.6 is 15.9 Å². The van der Waals surface area contributed by atoms with E-state index in [2.05, 4.69) is 25.8 Å². The Hall–Kier alpha value is -1.42. The van der Waals surface area contributed by atoms with Crippen LogP contribution in [0.15, 0.2) is 22.8 Å². The minimum Gasteiger partial charge on any atom is -0.366 e. The number of amides is 1. The molecule has 164 valence electrons. The Labute approximate surface area is 186 Å². The Morgan fingerprint density at radius 2 is 1.87 bits per heavy atom. The van der Waals surface area contributed by atoms with Gasteiger partial charge in [-0.2, -0.15) is 0 Å². The molecule has 2 fully saturated rings. The van der Waals surface area contributed by atoms with E-state index in [1.807, 2.05) is 12.3 Å². The third-order valence-electron chi connectivity index (χ3n) is 6.41. The molecule has 30 heavy (non-hydrogen) atoms. The number of fused-ring (bicyclic) bond motifs is 1. The van der Waals surface area contributed by atoms with Gasteiger partial charge in [0.15, 0.2) is 0 Å². The number of aromatic nitrogens is 1. The number of hydrogen-bond acceptors (Lipinski definition) is 4. The summed E-state index contributed by atoms with van der Waals surface area (Å²) in [6.45, 7) is 4.16. The standard InChI is InChI=1S/C21H29BrN4O3S/c22-16-12-17-19(14-24-20(17)18(13-16)21(23)27)15-4-9-26(10-5-15)30(28,29)11-3-8-25-6-1-2-7-25/h12-15,24H,1-11H2,(H2,23,27). The van der Waals surface area contributed by atoms with Crippen LogP contribution in [0.1, 0.15) is 53.9 Å². The van der Waals surface area contributed by atoms with Crippen molar-refractivity contribution in [2.45, 2.75) is 38.0 Å². The molecule has 3 heterocycles. The van der Waals surface area contributed by atoms with E-state index in [0.29, 0.717) is 25.1 Å². The predicted molar refractivity (Wildman–Crippen MR) is 122 cm³/mol. The van der Waals surface area contributed by atoms with Gasteiger partial charge in [0.2, 0.25) is 10.0 Å². The fraction of sp³-hybridized carbons (Fsp3) is 0.571. The summed E-state index contributed by atoms with van der Waals surface area (Å²) in [5.41, 5.74) is 7.86. The third kappa shape index (κ3) is 4.59. The van der Waals surface area contributed by atoms with E-state index >= 15 is 0 Å². The summed E-state index contributed by atoms with van der Waals surface area (Å²) in [4.78, 5) is 17.3. The molecule has 2 aromatic rings. The Kier molecular flexibility index (Phi) is 6.53. The molecule has 0 radical (unpaired) electrons. The largest absolute Gasteiger partial charge is 0.366 e. The second kappa shape index (κ2) is 8.98. The van der Waals surface area contributed by atoms with E-state index < -0.39 is 15.9 Å². The van der Waals surface area contributed by atoms with Crippen molar-refractivity contribution >= 4 is 42.8 Å². The number of primary amides is 1. The monoisotopic (exact) mass is 496 g/mol. The molecule has 1 amide bonds. The fourth-order valence-corrected chi connectivity index (χ4v) is 6.78. The van der Waals surface area contributed by atoms with Crippen LogP contribution in [-0.2, 0) is 10.0 Å². The summed E-state index contributed by atoms with van der Waals surface area (Å²) >= 11 is 3.47. The van der Waals surface area contributed by atoms with Crippen LogP contribution in [-0.4, -0.2) is 67.0 Å². The number of rotatable bonds is 7. The van der Waals surface area contributed by atoms with E-state index in [1.54, 1.807) is 10.4 Å². The van der Waals surface area contributed by atoms with Crippen LogP contribution in [0.2, 0.25) is 0 Å². The molecular weight excluding hydrogens is 468 g/mol. The molecule has 0 atom stereocenters. The van der Waals surface area contributed by atoms with Gasteiger partial charge in [-0.1, -0.05) is 15.9 Å². The minimum atomic E-state index is -3.20. The van der Waals surface area contributed by atoms with Crippen molar-refractivity contribution in [2.75, 3.05) is 38.5 Å². The maximum absolute atomic E-state index is 12.8. The van der Waals surface area contributed by atoms with Crippen molar-refractivity contribution in [3.63, 3.8) is 0 Å². The van der Waals surface area contributed by atoms with Crippen molar-refractivity contribution in [3.8, 4) is 0 Å². The summed E-state index contributed by atoms with van der Waals surface area (Å²) in [7, 11) is -3.20. The smallest absolute Gasteiger partial charge is 0.250 e. The van der Waals surface area contributed by atoms with E-state index in [4.69, 9.17) is 5.73 Å². The van der Waals surface area contributed by atoms with E-state index in [-0.39, 0.29) is 11.7 Å². The van der Waals surface area contributed by atoms with Crippen molar-refractivity contribution in [1.82, 2.24) is 14.2 Å². The number of carbonyl (C=O) groups excluding carboxylic acids is 1. The highest BCUT2D eigenvalue weighted by molar-refractivity contribution is 9.10. The maximum Gasteiger partial charge on any atom is 0.250 e. The van der Waals surface area contributed by atoms with E-state index in [1.165, 1.54) is 12.8 Å². The zero-order valence-corrected chi connectivity index (χ0v) is 19.5. The Balaban J connectivity index is 1.40. The number of likely N-dealkylation sites (tertiary alicyclic amines) is 1. The van der Waals surface area contributed by atoms with Crippen LogP contribution in [0, 0.1) is 0 Å². The molecule has 2 aliphatic heterocycles. The summed E-state index contributed by atoms with van der Waals surface area (Å²) < 4.78 is 28.0. The lowest BCUT2D eigenvalue weighted by Gasteiger charge is -2.31. The predicted octanol–water partition coefficient (Wildman–Crippen LogP) is 3.02. The van der Waals surface area contributed by atoms with Crippen LogP contribution in [0.4, 0.5) is 0 Å². The van der Waals surface area contributed by atoms with E-state index in [0.717, 1.165) is 53.4 Å². The number of H-pyrrole nitrogens is 1. The number of benzene rings is 1. The first-order valence-corrected chi connectivity index (χ1v) is 13.1. The average Bonchev–Trinajstić information content (AvgIpc) is 3.37. The van der Waals surface area contributed by atoms with Gasteiger partial charge < -0.3 is 15.6 Å². The highest BCUT2D eigenvalue weighted by Crippen LogP contribution is 2.36. The number of halogens is 1. The lowest BCUT2D eigenvalue weighted by Crippen LogP contribution is -2.39. The zero-order chi connectivity index (χ0) is 21.3. The van der Waals surface area contributed by atoms with Gasteiger partial charge in [0.05, 0.1) is 16.8 Å². The number of piperidine rings is 1. The molecule has 2 saturated heterocycles. The molecule has 4 rings (SSSR count). The quantitative estimate of drug-likeness (QED) is 0.614. The summed E-state index contributed by atoms with van der Waals surface area (Å²) in [6, 6.07) is 3.72. The second-order valence-corrected chi connectivity index (χ2v) is 11.4. The first-order chi connectivity index (χ1) is 14.3. The van der Waals surface area contributed by atoms with Crippen LogP contribution in [0.25, 0.3) is 10.9 Å². The fourth-order valence-electron chi connectivity index (χ4n) is 4.80. The van der Waals surface area contributed by atoms with Gasteiger partial charge in [0, 0.05) is 29.1 Å². The number of carbonyl (C=O) groups is 1. The van der Waals surface area contributed by atoms with Gasteiger partial charge in [-0.15, -0.1) is 0 Å². The van der Waals surface area contributed by atoms with Crippen molar-refractivity contribution in [2.24, 2.45) is 5.73 Å². The van der Waals surface area contributed by atoms with Gasteiger partial charge >= 0.3 is 0 Å². The average molecular weight is 497 g/mol. The van der Waals surface area contributed by atoms with Gasteiger partial charge in [-0.05, 0) is 75.4 Å². The van der Waals surface area contributed by atoms with Gasteiger partial charge in [0.25, 0.3) is 5.91 Å². The highest BCUT2D eigenvalue weighted by Gasteiger charge is 2.30. The van der Waals surface area contributed by atoms with Crippen LogP contribution < -0.4 is 5.73 Å². The molecule has 9 heteroatoms. The zero-order valence-electron chi connectivity index (χ0n) is 17.1. The topological polar surface area (TPSA) is 99.5 Å². The molecule has 7 nitrogen and oxygen atoms in total. The van der Waals surface area contributed by atoms with Gasteiger partial charge in [0.1, 0.15) is 0 Å². The van der Waals surface area contributed by atoms with E-state index in [9.17, 15) is 13.2 Å². The van der Waals surface area contributed by atoms with Gasteiger partial charge in [-0.3, -0.25) is 4.79 Å². The first-order valence-electron chi connectivity index (χ1n) is 10.7. The number of nitrogens with one attached hydrogen (secondary N) is 1. The second-order valence-electron chi connectivity index (χ2n) is 8.38. The molecule has 1 aromatic carbocycles. The Morgan fingerprint density at radius 3 is 2.53 bits per heavy atom. The van der Waals surface area contributed by atoms with Gasteiger partial charge in [-0.25, -0.2) is 12.7 Å². The summed E-state index contributed by atoms with van der Waals surface area (Å²) in [5.74, 6) is 0.0188. The van der Waals surface area contributed by atoms with Crippen molar-refractivity contribution < 1.29 is 13.2 Å². The molecule has 0 spiro atoms. The van der Waals surface area contributed by atoms with Crippen LogP contribution in [0.3, 0.4) is 0 Å². The number of aromatic amines is 1. The summed E-state index contributed by atoms with van der Waals surface area (Å²) in [5, 5.41) is 0.977.